The summed E-state index contributed by atoms with van der Waals surface area (Å²) in [6, 6.07) is 10.4. The molecule has 1 N–H and O–H groups in total. The van der Waals surface area contributed by atoms with Crippen LogP contribution in [0, 0.1) is 0 Å². The maximum absolute atomic E-state index is 4.73. The highest BCUT2D eigenvalue weighted by Crippen LogP contribution is 2.28. The molecule has 7 nitrogen and oxygen atoms in total. The Morgan fingerprint density at radius 1 is 1.04 bits per heavy atom. The van der Waals surface area contributed by atoms with Gasteiger partial charge in [-0.15, -0.1) is 0 Å². The summed E-state index contributed by atoms with van der Waals surface area (Å²) < 4.78 is 2.01. The molecule has 136 valence electrons. The summed E-state index contributed by atoms with van der Waals surface area (Å²) in [7, 11) is 3.84. The molecule has 3 heterocycles. The summed E-state index contributed by atoms with van der Waals surface area (Å²) in [6.45, 7) is 0.795. The summed E-state index contributed by atoms with van der Waals surface area (Å²) in [5, 5.41) is 3.53. The van der Waals surface area contributed by atoms with Gasteiger partial charge in [-0.05, 0) is 12.0 Å². The van der Waals surface area contributed by atoms with Crippen LogP contribution in [0.3, 0.4) is 0 Å². The fourth-order valence-corrected chi connectivity index (χ4v) is 2.92. The molecule has 7 heteroatoms. The molecule has 0 unspecified atom stereocenters. The second-order valence-electron chi connectivity index (χ2n) is 6.44. The van der Waals surface area contributed by atoms with Crippen LogP contribution in [0.1, 0.15) is 5.56 Å². The number of nitrogens with one attached hydrogen (secondary N) is 1. The van der Waals surface area contributed by atoms with Gasteiger partial charge in [0.2, 0.25) is 5.95 Å². The van der Waals surface area contributed by atoms with Gasteiger partial charge in [0.05, 0.1) is 6.20 Å². The molecular weight excluding hydrogens is 338 g/mol. The predicted molar refractivity (Wildman–Crippen MR) is 107 cm³/mol. The lowest BCUT2D eigenvalue weighted by atomic mass is 10.1. The van der Waals surface area contributed by atoms with Crippen molar-refractivity contribution in [1.82, 2.24) is 24.3 Å². The Kier molecular flexibility index (Phi) is 4.65. The minimum atomic E-state index is 0.669. The van der Waals surface area contributed by atoms with Gasteiger partial charge in [-0.2, -0.15) is 0 Å². The molecule has 0 fully saturated rings. The molecule has 0 aliphatic rings. The Bertz CT molecular complexity index is 1020. The molecular formula is C20H21N7. The third-order valence-corrected chi connectivity index (χ3v) is 4.29. The van der Waals surface area contributed by atoms with E-state index >= 15 is 0 Å². The molecule has 0 spiro atoms. The highest BCUT2D eigenvalue weighted by molar-refractivity contribution is 5.75. The lowest BCUT2D eigenvalue weighted by molar-refractivity contribution is 0.992. The highest BCUT2D eigenvalue weighted by atomic mass is 15.2. The fraction of sp³-hybridized carbons (Fsp3) is 0.200. The standard InChI is InChI=1S/C20H21N7/c1-26(2)20-23-12-16(13-24-20)18-19(27-11-10-21-14-17(27)25-18)22-9-8-15-6-4-3-5-7-15/h3-7,10-14,22H,8-9H2,1-2H3. The summed E-state index contributed by atoms with van der Waals surface area (Å²) in [4.78, 5) is 19.6. The van der Waals surface area contributed by atoms with Crippen molar-refractivity contribution in [3.63, 3.8) is 0 Å². The van der Waals surface area contributed by atoms with E-state index in [1.807, 2.05) is 35.7 Å². The van der Waals surface area contributed by atoms with Crippen LogP contribution in [0.5, 0.6) is 0 Å². The van der Waals surface area contributed by atoms with Crippen molar-refractivity contribution in [3.05, 3.63) is 66.9 Å². The zero-order valence-corrected chi connectivity index (χ0v) is 15.4. The minimum Gasteiger partial charge on any atom is -0.369 e. The Morgan fingerprint density at radius 3 is 2.56 bits per heavy atom. The van der Waals surface area contributed by atoms with Crippen molar-refractivity contribution in [2.45, 2.75) is 6.42 Å². The fourth-order valence-electron chi connectivity index (χ4n) is 2.92. The van der Waals surface area contributed by atoms with Crippen LogP contribution < -0.4 is 10.2 Å². The van der Waals surface area contributed by atoms with Crippen LogP contribution in [-0.4, -0.2) is 45.0 Å². The van der Waals surface area contributed by atoms with Crippen molar-refractivity contribution >= 4 is 17.4 Å². The van der Waals surface area contributed by atoms with Crippen molar-refractivity contribution < 1.29 is 0 Å². The maximum atomic E-state index is 4.73. The van der Waals surface area contributed by atoms with Crippen molar-refractivity contribution in [1.29, 1.82) is 0 Å². The molecule has 0 radical (unpaired) electrons. The van der Waals surface area contributed by atoms with Gasteiger partial charge in [0.15, 0.2) is 5.65 Å². The Hall–Kier alpha value is -3.48. The van der Waals surface area contributed by atoms with Gasteiger partial charge >= 0.3 is 0 Å². The minimum absolute atomic E-state index is 0.669. The molecule has 1 aromatic carbocycles. The van der Waals surface area contributed by atoms with E-state index in [2.05, 4.69) is 44.5 Å². The monoisotopic (exact) mass is 359 g/mol. The molecule has 0 aliphatic heterocycles. The van der Waals surface area contributed by atoms with Gasteiger partial charge in [0.1, 0.15) is 11.5 Å². The van der Waals surface area contributed by atoms with E-state index in [0.29, 0.717) is 5.95 Å². The van der Waals surface area contributed by atoms with E-state index in [1.165, 1.54) is 5.56 Å². The first kappa shape index (κ1) is 17.0. The van der Waals surface area contributed by atoms with E-state index in [-0.39, 0.29) is 0 Å². The molecule has 0 atom stereocenters. The largest absolute Gasteiger partial charge is 0.369 e. The van der Waals surface area contributed by atoms with Gasteiger partial charge in [-0.1, -0.05) is 30.3 Å². The highest BCUT2D eigenvalue weighted by Gasteiger charge is 2.15. The number of hydrogen-bond donors (Lipinski definition) is 1. The molecule has 4 rings (SSSR count). The van der Waals surface area contributed by atoms with Gasteiger partial charge < -0.3 is 10.2 Å². The number of hydrogen-bond acceptors (Lipinski definition) is 6. The number of aromatic nitrogens is 5. The predicted octanol–water partition coefficient (Wildman–Crippen LogP) is 2.91. The second-order valence-corrected chi connectivity index (χ2v) is 6.44. The van der Waals surface area contributed by atoms with Gasteiger partial charge in [0, 0.05) is 51.0 Å². The lowest BCUT2D eigenvalue weighted by Crippen LogP contribution is -2.12. The lowest BCUT2D eigenvalue weighted by Gasteiger charge is -2.11. The Morgan fingerprint density at radius 2 is 1.81 bits per heavy atom. The quantitative estimate of drug-likeness (QED) is 0.571. The smallest absolute Gasteiger partial charge is 0.224 e. The van der Waals surface area contributed by atoms with Crippen LogP contribution >= 0.6 is 0 Å². The molecule has 27 heavy (non-hydrogen) atoms. The number of rotatable bonds is 6. The number of nitrogens with zero attached hydrogens (tertiary/aromatic N) is 6. The zero-order chi connectivity index (χ0) is 18.6. The van der Waals surface area contributed by atoms with Gasteiger partial charge in [-0.3, -0.25) is 9.38 Å². The summed E-state index contributed by atoms with van der Waals surface area (Å²) in [6.07, 6.45) is 9.95. The summed E-state index contributed by atoms with van der Waals surface area (Å²) in [5.74, 6) is 1.59. The van der Waals surface area contributed by atoms with Crippen molar-refractivity contribution in [2.24, 2.45) is 0 Å². The normalized spacial score (nSPS) is 10.9. The molecule has 3 aromatic heterocycles. The van der Waals surface area contributed by atoms with E-state index in [1.54, 1.807) is 24.8 Å². The van der Waals surface area contributed by atoms with Crippen LogP contribution in [0.4, 0.5) is 11.8 Å². The average Bonchev–Trinajstić information content (AvgIpc) is 3.08. The topological polar surface area (TPSA) is 71.2 Å². The molecule has 0 saturated heterocycles. The maximum Gasteiger partial charge on any atom is 0.224 e. The third-order valence-electron chi connectivity index (χ3n) is 4.29. The SMILES string of the molecule is CN(C)c1ncc(-c2nc3cnccn3c2NCCc2ccccc2)cn1. The van der Waals surface area contributed by atoms with E-state index in [4.69, 9.17) is 4.98 Å². The van der Waals surface area contributed by atoms with Crippen LogP contribution in [0.15, 0.2) is 61.3 Å². The van der Waals surface area contributed by atoms with E-state index in [0.717, 1.165) is 35.7 Å². The van der Waals surface area contributed by atoms with Crippen LogP contribution in [-0.2, 0) is 6.42 Å². The first-order valence-corrected chi connectivity index (χ1v) is 8.82. The number of anilines is 2. The molecule has 0 saturated carbocycles. The van der Waals surface area contributed by atoms with E-state index in [9.17, 15) is 0 Å². The second kappa shape index (κ2) is 7.41. The molecule has 0 bridgehead atoms. The van der Waals surface area contributed by atoms with Crippen molar-refractivity contribution in [3.8, 4) is 11.3 Å². The third kappa shape index (κ3) is 3.57. The molecule has 4 aromatic rings. The van der Waals surface area contributed by atoms with Crippen LogP contribution in [0.2, 0.25) is 0 Å². The Labute approximate surface area is 157 Å². The first-order chi connectivity index (χ1) is 13.2. The Balaban J connectivity index is 1.64. The number of fused-ring (bicyclic) bond motifs is 1. The molecule has 0 amide bonds. The number of benzene rings is 1. The molecule has 0 aliphatic carbocycles. The van der Waals surface area contributed by atoms with Gasteiger partial charge in [0.25, 0.3) is 0 Å². The van der Waals surface area contributed by atoms with E-state index < -0.39 is 0 Å². The van der Waals surface area contributed by atoms with Crippen LogP contribution in [0.25, 0.3) is 16.9 Å². The van der Waals surface area contributed by atoms with Crippen molar-refractivity contribution in [2.75, 3.05) is 30.9 Å². The summed E-state index contributed by atoms with van der Waals surface area (Å²) in [5.41, 5.74) is 3.76. The summed E-state index contributed by atoms with van der Waals surface area (Å²) >= 11 is 0. The average molecular weight is 359 g/mol. The first-order valence-electron chi connectivity index (χ1n) is 8.82. The number of imidazole rings is 1. The zero-order valence-electron chi connectivity index (χ0n) is 15.4. The van der Waals surface area contributed by atoms with Gasteiger partial charge in [-0.25, -0.2) is 15.0 Å².